The van der Waals surface area contributed by atoms with E-state index in [9.17, 15) is 14.7 Å². The summed E-state index contributed by atoms with van der Waals surface area (Å²) >= 11 is 0. The van der Waals surface area contributed by atoms with Gasteiger partial charge in [-0.1, -0.05) is 42.0 Å². The molecule has 7 heteroatoms. The van der Waals surface area contributed by atoms with Gasteiger partial charge in [-0.25, -0.2) is 0 Å². The number of aryl methyl sites for hydroxylation is 1. The molecule has 5 rings (SSSR count). The number of carbonyl (C=O) groups excluding carboxylic acids is 2. The number of fused-ring (bicyclic) bond motifs is 1. The van der Waals surface area contributed by atoms with Crippen molar-refractivity contribution < 1.29 is 24.2 Å². The van der Waals surface area contributed by atoms with Gasteiger partial charge in [-0.3, -0.25) is 9.59 Å². The molecule has 0 spiro atoms. The van der Waals surface area contributed by atoms with Gasteiger partial charge in [0.15, 0.2) is 0 Å². The molecule has 1 saturated heterocycles. The van der Waals surface area contributed by atoms with Crippen molar-refractivity contribution in [3.8, 4) is 11.5 Å². The summed E-state index contributed by atoms with van der Waals surface area (Å²) in [5.41, 5.74) is 4.27. The van der Waals surface area contributed by atoms with Crippen LogP contribution in [-0.2, 0) is 16.0 Å². The highest BCUT2D eigenvalue weighted by molar-refractivity contribution is 6.46. The fourth-order valence-corrected chi connectivity index (χ4v) is 4.86. The number of aliphatic hydroxyl groups excluding tert-OH is 1. The Morgan fingerprint density at radius 3 is 2.43 bits per heavy atom. The third-order valence-electron chi connectivity index (χ3n) is 6.87. The monoisotopic (exact) mass is 496 g/mol. The summed E-state index contributed by atoms with van der Waals surface area (Å²) in [6.07, 6.45) is 2.43. The van der Waals surface area contributed by atoms with E-state index in [2.05, 4.69) is 4.98 Å². The van der Waals surface area contributed by atoms with Gasteiger partial charge in [-0.2, -0.15) is 0 Å². The molecule has 188 valence electrons. The number of H-pyrrole nitrogens is 1. The molecule has 0 radical (unpaired) electrons. The molecular weight excluding hydrogens is 468 g/mol. The minimum Gasteiger partial charge on any atom is -0.507 e. The first-order valence-electron chi connectivity index (χ1n) is 12.0. The highest BCUT2D eigenvalue weighted by Gasteiger charge is 2.45. The Morgan fingerprint density at radius 2 is 1.70 bits per heavy atom. The van der Waals surface area contributed by atoms with Crippen molar-refractivity contribution >= 4 is 28.4 Å². The number of aromatic amines is 1. The zero-order valence-electron chi connectivity index (χ0n) is 20.9. The van der Waals surface area contributed by atoms with Crippen LogP contribution in [-0.4, -0.2) is 47.4 Å². The van der Waals surface area contributed by atoms with Crippen molar-refractivity contribution in [1.29, 1.82) is 0 Å². The molecule has 1 aliphatic rings. The smallest absolute Gasteiger partial charge is 0.295 e. The lowest BCUT2D eigenvalue weighted by Gasteiger charge is -2.25. The van der Waals surface area contributed by atoms with Crippen LogP contribution in [0.15, 0.2) is 78.5 Å². The molecule has 1 aliphatic heterocycles. The molecule has 1 atom stereocenters. The van der Waals surface area contributed by atoms with E-state index in [1.807, 2.05) is 55.6 Å². The summed E-state index contributed by atoms with van der Waals surface area (Å²) < 4.78 is 10.7. The van der Waals surface area contributed by atoms with Crippen molar-refractivity contribution in [3.05, 3.63) is 101 Å². The number of methoxy groups -OCH3 is 2. The van der Waals surface area contributed by atoms with E-state index in [1.54, 1.807) is 36.3 Å². The zero-order valence-corrected chi connectivity index (χ0v) is 20.9. The lowest BCUT2D eigenvalue weighted by Crippen LogP contribution is -2.31. The van der Waals surface area contributed by atoms with E-state index in [1.165, 1.54) is 7.11 Å². The first-order valence-corrected chi connectivity index (χ1v) is 12.0. The molecule has 37 heavy (non-hydrogen) atoms. The molecule has 1 fully saturated rings. The molecule has 1 aromatic heterocycles. The number of nitrogens with one attached hydrogen (secondary N) is 1. The van der Waals surface area contributed by atoms with Gasteiger partial charge in [0, 0.05) is 29.2 Å². The SMILES string of the molecule is COc1cccc(/C(O)=C2/C(=O)C(=O)N(CCc3c[nH]c4ccc(OC)cc34)C2c2ccc(C)cc2)c1. The maximum atomic E-state index is 13.3. The molecule has 0 aliphatic carbocycles. The summed E-state index contributed by atoms with van der Waals surface area (Å²) in [6, 6.07) is 19.6. The fraction of sp³-hybridized carbons (Fsp3) is 0.200. The molecule has 3 aromatic carbocycles. The van der Waals surface area contributed by atoms with E-state index in [0.717, 1.165) is 33.3 Å². The summed E-state index contributed by atoms with van der Waals surface area (Å²) in [5.74, 6) is -0.271. The van der Waals surface area contributed by atoms with Crippen LogP contribution in [0.25, 0.3) is 16.7 Å². The Morgan fingerprint density at radius 1 is 0.973 bits per heavy atom. The average Bonchev–Trinajstić information content (AvgIpc) is 3.44. The van der Waals surface area contributed by atoms with Crippen molar-refractivity contribution in [3.63, 3.8) is 0 Å². The number of hydrogen-bond donors (Lipinski definition) is 2. The summed E-state index contributed by atoms with van der Waals surface area (Å²) in [6.45, 7) is 2.27. The van der Waals surface area contributed by atoms with Crippen LogP contribution in [0.1, 0.15) is 28.3 Å². The fourth-order valence-electron chi connectivity index (χ4n) is 4.86. The maximum absolute atomic E-state index is 13.3. The van der Waals surface area contributed by atoms with Gasteiger partial charge in [0.2, 0.25) is 0 Å². The number of carbonyl (C=O) groups is 2. The van der Waals surface area contributed by atoms with Gasteiger partial charge >= 0.3 is 0 Å². The number of likely N-dealkylation sites (tertiary alicyclic amines) is 1. The van der Waals surface area contributed by atoms with Crippen LogP contribution in [0, 0.1) is 6.92 Å². The molecule has 2 N–H and O–H groups in total. The Balaban J connectivity index is 1.56. The lowest BCUT2D eigenvalue weighted by molar-refractivity contribution is -0.139. The number of nitrogens with zero attached hydrogens (tertiary/aromatic N) is 1. The Hall–Kier alpha value is -4.52. The van der Waals surface area contributed by atoms with E-state index < -0.39 is 17.7 Å². The molecular formula is C30H28N2O5. The van der Waals surface area contributed by atoms with E-state index in [0.29, 0.717) is 24.3 Å². The predicted octanol–water partition coefficient (Wildman–Crippen LogP) is 5.16. The average molecular weight is 497 g/mol. The Kier molecular flexibility index (Phi) is 6.44. The van der Waals surface area contributed by atoms with Crippen molar-refractivity contribution in [2.75, 3.05) is 20.8 Å². The zero-order chi connectivity index (χ0) is 26.1. The van der Waals surface area contributed by atoms with Crippen LogP contribution in [0.5, 0.6) is 11.5 Å². The van der Waals surface area contributed by atoms with Gasteiger partial charge in [0.05, 0.1) is 25.8 Å². The van der Waals surface area contributed by atoms with E-state index >= 15 is 0 Å². The first kappa shape index (κ1) is 24.2. The second kappa shape index (κ2) is 9.85. The molecule has 1 amide bonds. The Bertz CT molecular complexity index is 1520. The number of amides is 1. The predicted molar refractivity (Wildman–Crippen MR) is 142 cm³/mol. The number of hydrogen-bond acceptors (Lipinski definition) is 5. The minimum absolute atomic E-state index is 0.0719. The number of ketones is 1. The van der Waals surface area contributed by atoms with Crippen molar-refractivity contribution in [2.45, 2.75) is 19.4 Å². The standard InChI is InChI=1S/C30H28N2O5/c1-18-7-9-19(10-8-18)27-26(28(33)20-5-4-6-22(15-20)36-2)29(34)30(35)32(27)14-13-21-17-31-25-12-11-23(37-3)16-24(21)25/h4-12,15-17,27,31,33H,13-14H2,1-3H3/b28-26-. The summed E-state index contributed by atoms with van der Waals surface area (Å²) in [4.78, 5) is 31.5. The molecule has 1 unspecified atom stereocenters. The summed E-state index contributed by atoms with van der Waals surface area (Å²) in [5, 5.41) is 12.3. The first-order chi connectivity index (χ1) is 17.9. The third kappa shape index (κ3) is 4.44. The number of rotatable bonds is 7. The van der Waals surface area contributed by atoms with Crippen molar-refractivity contribution in [2.24, 2.45) is 0 Å². The number of ether oxygens (including phenoxy) is 2. The van der Waals surface area contributed by atoms with Crippen LogP contribution in [0.3, 0.4) is 0 Å². The van der Waals surface area contributed by atoms with Gasteiger partial charge in [0.25, 0.3) is 11.7 Å². The van der Waals surface area contributed by atoms with Crippen LogP contribution >= 0.6 is 0 Å². The number of benzene rings is 3. The third-order valence-corrected chi connectivity index (χ3v) is 6.87. The van der Waals surface area contributed by atoms with Crippen LogP contribution in [0.2, 0.25) is 0 Å². The quantitative estimate of drug-likeness (QED) is 0.210. The van der Waals surface area contributed by atoms with Gasteiger partial charge in [-0.05, 0) is 54.8 Å². The summed E-state index contributed by atoms with van der Waals surface area (Å²) in [7, 11) is 3.15. The maximum Gasteiger partial charge on any atom is 0.295 e. The molecule has 0 bridgehead atoms. The van der Waals surface area contributed by atoms with Crippen molar-refractivity contribution in [1.82, 2.24) is 9.88 Å². The second-order valence-electron chi connectivity index (χ2n) is 9.11. The Labute approximate surface area is 214 Å². The van der Waals surface area contributed by atoms with Crippen LogP contribution in [0.4, 0.5) is 0 Å². The number of Topliss-reactive ketones (excluding diaryl/α,β-unsaturated/α-hetero) is 1. The van der Waals surface area contributed by atoms with Gasteiger partial charge in [0.1, 0.15) is 17.3 Å². The largest absolute Gasteiger partial charge is 0.507 e. The van der Waals surface area contributed by atoms with E-state index in [4.69, 9.17) is 9.47 Å². The lowest BCUT2D eigenvalue weighted by atomic mass is 9.94. The molecule has 0 saturated carbocycles. The number of aliphatic hydroxyl groups is 1. The normalized spacial score (nSPS) is 16.9. The highest BCUT2D eigenvalue weighted by Crippen LogP contribution is 2.40. The molecule has 2 heterocycles. The second-order valence-corrected chi connectivity index (χ2v) is 9.11. The number of aromatic nitrogens is 1. The van der Waals surface area contributed by atoms with Crippen LogP contribution < -0.4 is 9.47 Å². The highest BCUT2D eigenvalue weighted by atomic mass is 16.5. The van der Waals surface area contributed by atoms with Gasteiger partial charge < -0.3 is 24.5 Å². The topological polar surface area (TPSA) is 91.9 Å². The molecule has 7 nitrogen and oxygen atoms in total. The molecule has 4 aromatic rings. The van der Waals surface area contributed by atoms with Gasteiger partial charge in [-0.15, -0.1) is 0 Å². The minimum atomic E-state index is -0.716. The van der Waals surface area contributed by atoms with E-state index in [-0.39, 0.29) is 11.3 Å².